The Balaban J connectivity index is 1.89. The van der Waals surface area contributed by atoms with Gasteiger partial charge in [-0.3, -0.25) is 14.6 Å². The SMILES string of the molecule is CC(=O)ON1CCCC(CCc2ccncc2)C1=O. The molecule has 2 rings (SSSR count). The first-order valence-corrected chi connectivity index (χ1v) is 6.55. The highest BCUT2D eigenvalue weighted by Gasteiger charge is 2.30. The molecule has 5 nitrogen and oxygen atoms in total. The highest BCUT2D eigenvalue weighted by Crippen LogP contribution is 2.23. The molecule has 19 heavy (non-hydrogen) atoms. The average molecular weight is 262 g/mol. The van der Waals surface area contributed by atoms with Crippen LogP contribution in [-0.4, -0.2) is 28.5 Å². The van der Waals surface area contributed by atoms with Crippen LogP contribution in [0.5, 0.6) is 0 Å². The van der Waals surface area contributed by atoms with Crippen LogP contribution in [0.3, 0.4) is 0 Å². The summed E-state index contributed by atoms with van der Waals surface area (Å²) in [7, 11) is 0. The van der Waals surface area contributed by atoms with Gasteiger partial charge in [0.25, 0.3) is 5.91 Å². The topological polar surface area (TPSA) is 59.5 Å². The van der Waals surface area contributed by atoms with Gasteiger partial charge in [0.15, 0.2) is 0 Å². The van der Waals surface area contributed by atoms with Crippen molar-refractivity contribution in [3.05, 3.63) is 30.1 Å². The Kier molecular flexibility index (Phi) is 4.49. The second-order valence-corrected chi connectivity index (χ2v) is 4.76. The summed E-state index contributed by atoms with van der Waals surface area (Å²) >= 11 is 0. The standard InChI is InChI=1S/C14H18N2O3/c1-11(17)19-16-10-2-3-13(14(16)18)5-4-12-6-8-15-9-7-12/h6-9,13H,2-5,10H2,1H3. The summed E-state index contributed by atoms with van der Waals surface area (Å²) in [5.41, 5.74) is 1.17. The fourth-order valence-electron chi connectivity index (χ4n) is 2.32. The molecule has 2 heterocycles. The Morgan fingerprint density at radius 2 is 2.21 bits per heavy atom. The molecule has 1 aliphatic rings. The molecule has 1 fully saturated rings. The highest BCUT2D eigenvalue weighted by atomic mass is 16.7. The van der Waals surface area contributed by atoms with Crippen molar-refractivity contribution < 1.29 is 14.4 Å². The van der Waals surface area contributed by atoms with E-state index in [0.717, 1.165) is 25.7 Å². The molecule has 0 aromatic carbocycles. The minimum absolute atomic E-state index is 0.0544. The van der Waals surface area contributed by atoms with E-state index in [-0.39, 0.29) is 11.8 Å². The minimum atomic E-state index is -0.442. The van der Waals surface area contributed by atoms with Crippen LogP contribution < -0.4 is 0 Å². The van der Waals surface area contributed by atoms with Crippen LogP contribution in [0.4, 0.5) is 0 Å². The zero-order chi connectivity index (χ0) is 13.7. The molecule has 1 aliphatic heterocycles. The number of carbonyl (C=O) groups excluding carboxylic acids is 2. The maximum atomic E-state index is 12.1. The van der Waals surface area contributed by atoms with E-state index in [4.69, 9.17) is 4.84 Å². The largest absolute Gasteiger partial charge is 0.338 e. The zero-order valence-electron chi connectivity index (χ0n) is 11.0. The number of hydrogen-bond acceptors (Lipinski definition) is 4. The number of pyridine rings is 1. The summed E-state index contributed by atoms with van der Waals surface area (Å²) in [6.45, 7) is 1.82. The number of carbonyl (C=O) groups is 2. The Morgan fingerprint density at radius 1 is 1.47 bits per heavy atom. The molecule has 0 N–H and O–H groups in total. The smallest absolute Gasteiger partial charge is 0.329 e. The van der Waals surface area contributed by atoms with Crippen molar-refractivity contribution in [2.75, 3.05) is 6.54 Å². The molecule has 1 amide bonds. The van der Waals surface area contributed by atoms with Crippen LogP contribution in [0.15, 0.2) is 24.5 Å². The van der Waals surface area contributed by atoms with Crippen molar-refractivity contribution in [1.82, 2.24) is 10.0 Å². The van der Waals surface area contributed by atoms with E-state index < -0.39 is 5.97 Å². The molecule has 0 spiro atoms. The van der Waals surface area contributed by atoms with Crippen LogP contribution in [0.2, 0.25) is 0 Å². The molecule has 102 valence electrons. The Morgan fingerprint density at radius 3 is 2.89 bits per heavy atom. The van der Waals surface area contributed by atoms with Gasteiger partial charge in [0.2, 0.25) is 0 Å². The van der Waals surface area contributed by atoms with E-state index in [9.17, 15) is 9.59 Å². The number of aryl methyl sites for hydroxylation is 1. The molecule has 1 unspecified atom stereocenters. The molecular weight excluding hydrogens is 244 g/mol. The van der Waals surface area contributed by atoms with Crippen molar-refractivity contribution in [3.63, 3.8) is 0 Å². The molecule has 1 aromatic heterocycles. The van der Waals surface area contributed by atoms with Crippen LogP contribution in [0.25, 0.3) is 0 Å². The van der Waals surface area contributed by atoms with Crippen molar-refractivity contribution in [1.29, 1.82) is 0 Å². The first-order valence-electron chi connectivity index (χ1n) is 6.55. The highest BCUT2D eigenvalue weighted by molar-refractivity contribution is 5.80. The Bertz CT molecular complexity index is 447. The molecule has 1 atom stereocenters. The number of hydroxylamine groups is 2. The molecular formula is C14H18N2O3. The number of nitrogens with zero attached hydrogens (tertiary/aromatic N) is 2. The van der Waals surface area contributed by atoms with Gasteiger partial charge in [-0.25, -0.2) is 0 Å². The van der Waals surface area contributed by atoms with Crippen LogP contribution >= 0.6 is 0 Å². The number of rotatable bonds is 4. The van der Waals surface area contributed by atoms with E-state index in [2.05, 4.69) is 4.98 Å². The van der Waals surface area contributed by atoms with Crippen molar-refractivity contribution in [2.24, 2.45) is 5.92 Å². The van der Waals surface area contributed by atoms with Crippen molar-refractivity contribution in [3.8, 4) is 0 Å². The van der Waals surface area contributed by atoms with Crippen molar-refractivity contribution >= 4 is 11.9 Å². The second kappa shape index (κ2) is 6.31. The lowest BCUT2D eigenvalue weighted by atomic mass is 9.92. The maximum Gasteiger partial charge on any atom is 0.329 e. The summed E-state index contributed by atoms with van der Waals surface area (Å²) in [6.07, 6.45) is 6.86. The normalized spacial score (nSPS) is 19.3. The maximum absolute atomic E-state index is 12.1. The van der Waals surface area contributed by atoms with Gasteiger partial charge in [0.05, 0.1) is 6.54 Å². The number of amides is 1. The van der Waals surface area contributed by atoms with E-state index in [0.29, 0.717) is 6.54 Å². The van der Waals surface area contributed by atoms with E-state index in [1.165, 1.54) is 17.6 Å². The number of aromatic nitrogens is 1. The summed E-state index contributed by atoms with van der Waals surface area (Å²) in [5.74, 6) is -0.570. The third-order valence-corrected chi connectivity index (χ3v) is 3.28. The van der Waals surface area contributed by atoms with Gasteiger partial charge in [-0.2, -0.15) is 5.06 Å². The minimum Gasteiger partial charge on any atom is -0.338 e. The summed E-state index contributed by atoms with van der Waals surface area (Å²) in [5, 5.41) is 1.21. The van der Waals surface area contributed by atoms with Gasteiger partial charge in [-0.1, -0.05) is 0 Å². The molecule has 0 radical (unpaired) electrons. The van der Waals surface area contributed by atoms with E-state index in [1.807, 2.05) is 12.1 Å². The molecule has 1 aromatic rings. The third kappa shape index (κ3) is 3.77. The third-order valence-electron chi connectivity index (χ3n) is 3.28. The first kappa shape index (κ1) is 13.5. The van der Waals surface area contributed by atoms with Gasteiger partial charge < -0.3 is 4.84 Å². The molecule has 0 aliphatic carbocycles. The fraction of sp³-hybridized carbons (Fsp3) is 0.500. The Labute approximate surface area is 112 Å². The van der Waals surface area contributed by atoms with Crippen LogP contribution in [0, 0.1) is 5.92 Å². The van der Waals surface area contributed by atoms with E-state index in [1.54, 1.807) is 12.4 Å². The van der Waals surface area contributed by atoms with Gasteiger partial charge >= 0.3 is 5.97 Å². The summed E-state index contributed by atoms with van der Waals surface area (Å²) < 4.78 is 0. The predicted molar refractivity (Wildman–Crippen MR) is 68.8 cm³/mol. The first-order chi connectivity index (χ1) is 9.16. The van der Waals surface area contributed by atoms with E-state index >= 15 is 0 Å². The van der Waals surface area contributed by atoms with Gasteiger partial charge in [-0.05, 0) is 43.4 Å². The van der Waals surface area contributed by atoms with Crippen LogP contribution in [-0.2, 0) is 20.8 Å². The summed E-state index contributed by atoms with van der Waals surface area (Å²) in [4.78, 5) is 31.9. The fourth-order valence-corrected chi connectivity index (χ4v) is 2.32. The summed E-state index contributed by atoms with van der Waals surface area (Å²) in [6, 6.07) is 3.91. The van der Waals surface area contributed by atoms with Gasteiger partial charge in [0.1, 0.15) is 0 Å². The lowest BCUT2D eigenvalue weighted by molar-refractivity contribution is -0.203. The van der Waals surface area contributed by atoms with Gasteiger partial charge in [-0.15, -0.1) is 0 Å². The number of hydrogen-bond donors (Lipinski definition) is 0. The lowest BCUT2D eigenvalue weighted by Crippen LogP contribution is -2.42. The molecule has 0 bridgehead atoms. The average Bonchev–Trinajstić information content (AvgIpc) is 2.40. The molecule has 0 saturated carbocycles. The number of piperidine rings is 1. The monoisotopic (exact) mass is 262 g/mol. The molecule has 1 saturated heterocycles. The lowest BCUT2D eigenvalue weighted by Gasteiger charge is -2.30. The van der Waals surface area contributed by atoms with Gasteiger partial charge in [0, 0.05) is 25.2 Å². The zero-order valence-corrected chi connectivity index (χ0v) is 11.0. The van der Waals surface area contributed by atoms with Crippen molar-refractivity contribution in [2.45, 2.75) is 32.6 Å². The molecule has 5 heteroatoms. The van der Waals surface area contributed by atoms with Crippen LogP contribution in [0.1, 0.15) is 31.7 Å². The predicted octanol–water partition coefficient (Wildman–Crippen LogP) is 1.73. The Hall–Kier alpha value is -1.91. The quantitative estimate of drug-likeness (QED) is 0.829. The second-order valence-electron chi connectivity index (χ2n) is 4.76.